The summed E-state index contributed by atoms with van der Waals surface area (Å²) in [5.74, 6) is 0.197. The van der Waals surface area contributed by atoms with Crippen molar-refractivity contribution < 1.29 is 28.9 Å². The third-order valence-corrected chi connectivity index (χ3v) is 5.14. The summed E-state index contributed by atoms with van der Waals surface area (Å²) in [4.78, 5) is 22.6. The quantitative estimate of drug-likeness (QED) is 0.792. The average molecular weight is 348 g/mol. The summed E-state index contributed by atoms with van der Waals surface area (Å²) in [5.41, 5.74) is 2.13. The maximum atomic E-state index is 11.3. The zero-order chi connectivity index (χ0) is 18.0. The molecule has 25 heavy (non-hydrogen) atoms. The molecule has 1 N–H and O–H groups in total. The van der Waals surface area contributed by atoms with Gasteiger partial charge in [-0.25, -0.2) is 0 Å². The van der Waals surface area contributed by atoms with E-state index >= 15 is 0 Å². The molecule has 1 fully saturated rings. The monoisotopic (exact) mass is 348 g/mol. The van der Waals surface area contributed by atoms with Gasteiger partial charge in [0.1, 0.15) is 18.0 Å². The number of para-hydroxylation sites is 1. The normalized spacial score (nSPS) is 26.5. The van der Waals surface area contributed by atoms with Gasteiger partial charge in [-0.1, -0.05) is 18.2 Å². The summed E-state index contributed by atoms with van der Waals surface area (Å²) < 4.78 is 16.2. The summed E-state index contributed by atoms with van der Waals surface area (Å²) >= 11 is 0. The Morgan fingerprint density at radius 2 is 2.16 bits per heavy atom. The first-order chi connectivity index (χ1) is 12.0. The van der Waals surface area contributed by atoms with E-state index in [1.807, 2.05) is 18.2 Å². The first kappa shape index (κ1) is 17.7. The number of fused-ring (bicyclic) bond motifs is 3. The third-order valence-electron chi connectivity index (χ3n) is 5.14. The van der Waals surface area contributed by atoms with Gasteiger partial charge in [0.25, 0.3) is 0 Å². The average Bonchev–Trinajstić information content (AvgIpc) is 3.09. The predicted molar refractivity (Wildman–Crippen MR) is 89.3 cm³/mol. The fourth-order valence-electron chi connectivity index (χ4n) is 4.07. The molecule has 0 spiro atoms. The number of hydrogen-bond acceptors (Lipinski definition) is 6. The van der Waals surface area contributed by atoms with Crippen LogP contribution in [0.3, 0.4) is 0 Å². The second-order valence-electron chi connectivity index (χ2n) is 6.68. The van der Waals surface area contributed by atoms with E-state index in [-0.39, 0.29) is 42.6 Å². The van der Waals surface area contributed by atoms with Crippen molar-refractivity contribution in [3.8, 4) is 5.75 Å². The van der Waals surface area contributed by atoms with Gasteiger partial charge in [-0.05, 0) is 18.4 Å². The molecule has 6 nitrogen and oxygen atoms in total. The summed E-state index contributed by atoms with van der Waals surface area (Å²) in [6.45, 7) is 1.34. The lowest BCUT2D eigenvalue weighted by Crippen LogP contribution is -2.26. The molecule has 0 radical (unpaired) electrons. The van der Waals surface area contributed by atoms with E-state index < -0.39 is 0 Å². The number of hydrogen-bond donors (Lipinski definition) is 1. The van der Waals surface area contributed by atoms with Gasteiger partial charge in [-0.2, -0.15) is 0 Å². The number of carbonyl (C=O) groups excluding carboxylic acids is 2. The smallest absolute Gasteiger partial charge is 0.305 e. The summed E-state index contributed by atoms with van der Waals surface area (Å²) in [6.07, 6.45) is 2.00. The lowest BCUT2D eigenvalue weighted by atomic mass is 9.87. The van der Waals surface area contributed by atoms with E-state index in [4.69, 9.17) is 9.47 Å². The predicted octanol–water partition coefficient (Wildman–Crippen LogP) is 1.97. The number of aryl methyl sites for hydroxylation is 1. The minimum atomic E-state index is -0.333. The molecule has 1 aromatic carbocycles. The van der Waals surface area contributed by atoms with Gasteiger partial charge in [-0.3, -0.25) is 9.59 Å². The van der Waals surface area contributed by atoms with E-state index in [1.54, 1.807) is 0 Å². The molecule has 1 saturated carbocycles. The molecular formula is C19H24O6. The van der Waals surface area contributed by atoms with Crippen LogP contribution in [0.15, 0.2) is 18.2 Å². The van der Waals surface area contributed by atoms with Crippen molar-refractivity contribution in [1.29, 1.82) is 0 Å². The van der Waals surface area contributed by atoms with E-state index in [0.29, 0.717) is 19.3 Å². The molecule has 2 aliphatic rings. The van der Waals surface area contributed by atoms with Crippen molar-refractivity contribution in [3.63, 3.8) is 0 Å². The molecule has 1 aliphatic heterocycles. The van der Waals surface area contributed by atoms with Gasteiger partial charge in [-0.15, -0.1) is 0 Å². The molecule has 0 aromatic heterocycles. The van der Waals surface area contributed by atoms with Crippen molar-refractivity contribution in [3.05, 3.63) is 29.3 Å². The fourth-order valence-corrected chi connectivity index (χ4v) is 4.07. The van der Waals surface area contributed by atoms with Crippen LogP contribution in [0, 0.1) is 5.92 Å². The fraction of sp³-hybridized carbons (Fsp3) is 0.579. The van der Waals surface area contributed by atoms with Crippen molar-refractivity contribution in [1.82, 2.24) is 0 Å². The minimum absolute atomic E-state index is 0.0323. The second kappa shape index (κ2) is 7.44. The molecule has 1 aromatic rings. The van der Waals surface area contributed by atoms with E-state index in [0.717, 1.165) is 23.3 Å². The number of esters is 2. The zero-order valence-electron chi connectivity index (χ0n) is 14.6. The van der Waals surface area contributed by atoms with Gasteiger partial charge in [0.05, 0.1) is 13.7 Å². The molecule has 0 bridgehead atoms. The molecule has 136 valence electrons. The van der Waals surface area contributed by atoms with Gasteiger partial charge in [0.2, 0.25) is 0 Å². The molecule has 0 saturated heterocycles. The standard InChI is InChI=1S/C19H24O6/c1-11(21)24-15-9-16-18(14(15)10-20)13-7-3-5-12(19(13)25-16)6-4-8-17(22)23-2/h3,5,7,14-16,18,20H,4,6,8-10H2,1-2H3/t14?,15?,16-,18+/m1/s1. The van der Waals surface area contributed by atoms with Crippen LogP contribution in [0.2, 0.25) is 0 Å². The largest absolute Gasteiger partial charge is 0.489 e. The van der Waals surface area contributed by atoms with Crippen molar-refractivity contribution in [2.45, 2.75) is 50.7 Å². The Kier molecular flexibility index (Phi) is 5.27. The summed E-state index contributed by atoms with van der Waals surface area (Å²) in [6, 6.07) is 6.00. The molecular weight excluding hydrogens is 324 g/mol. The van der Waals surface area contributed by atoms with Crippen molar-refractivity contribution in [2.75, 3.05) is 13.7 Å². The summed E-state index contributed by atoms with van der Waals surface area (Å²) in [7, 11) is 1.39. The van der Waals surface area contributed by atoms with E-state index in [2.05, 4.69) is 4.74 Å². The molecule has 4 atom stereocenters. The van der Waals surface area contributed by atoms with Crippen LogP contribution in [0.4, 0.5) is 0 Å². The lowest BCUT2D eigenvalue weighted by Gasteiger charge is -2.21. The molecule has 3 rings (SSSR count). The topological polar surface area (TPSA) is 82.1 Å². The number of benzene rings is 1. The SMILES string of the molecule is COC(=O)CCCc1cccc2c1O[C@@H]1CC(OC(C)=O)C(CO)[C@H]21. The van der Waals surface area contributed by atoms with Crippen LogP contribution in [0.5, 0.6) is 5.75 Å². The number of methoxy groups -OCH3 is 1. The second-order valence-corrected chi connectivity index (χ2v) is 6.68. The zero-order valence-corrected chi connectivity index (χ0v) is 14.6. The Morgan fingerprint density at radius 1 is 1.36 bits per heavy atom. The van der Waals surface area contributed by atoms with Gasteiger partial charge >= 0.3 is 11.9 Å². The number of aliphatic hydroxyl groups excluding tert-OH is 1. The van der Waals surface area contributed by atoms with Crippen molar-refractivity contribution in [2.24, 2.45) is 5.92 Å². The number of ether oxygens (including phenoxy) is 3. The number of rotatable bonds is 6. The Morgan fingerprint density at radius 3 is 2.84 bits per heavy atom. The van der Waals surface area contributed by atoms with Crippen LogP contribution in [-0.2, 0) is 25.5 Å². The molecule has 2 unspecified atom stereocenters. The molecule has 1 aliphatic carbocycles. The minimum Gasteiger partial charge on any atom is -0.489 e. The van der Waals surface area contributed by atoms with Crippen molar-refractivity contribution >= 4 is 11.9 Å². The molecule has 1 heterocycles. The third kappa shape index (κ3) is 3.49. The van der Waals surface area contributed by atoms with Crippen LogP contribution in [0.25, 0.3) is 0 Å². The summed E-state index contributed by atoms with van der Waals surface area (Å²) in [5, 5.41) is 9.82. The Hall–Kier alpha value is -2.08. The Labute approximate surface area is 147 Å². The maximum Gasteiger partial charge on any atom is 0.305 e. The van der Waals surface area contributed by atoms with Crippen LogP contribution in [0.1, 0.15) is 43.2 Å². The first-order valence-corrected chi connectivity index (χ1v) is 8.68. The lowest BCUT2D eigenvalue weighted by molar-refractivity contribution is -0.149. The van der Waals surface area contributed by atoms with Crippen LogP contribution >= 0.6 is 0 Å². The van der Waals surface area contributed by atoms with E-state index in [9.17, 15) is 14.7 Å². The highest BCUT2D eigenvalue weighted by Crippen LogP contribution is 2.52. The van der Waals surface area contributed by atoms with Gasteiger partial charge in [0.15, 0.2) is 0 Å². The molecule has 6 heteroatoms. The van der Waals surface area contributed by atoms with Gasteiger partial charge in [0, 0.05) is 37.2 Å². The van der Waals surface area contributed by atoms with Crippen LogP contribution in [-0.4, -0.2) is 43.0 Å². The number of aliphatic hydroxyl groups is 1. The van der Waals surface area contributed by atoms with E-state index in [1.165, 1.54) is 14.0 Å². The number of carbonyl (C=O) groups is 2. The highest BCUT2D eigenvalue weighted by atomic mass is 16.6. The Bertz CT molecular complexity index is 655. The maximum absolute atomic E-state index is 11.3. The Balaban J connectivity index is 1.76. The van der Waals surface area contributed by atoms with Crippen LogP contribution < -0.4 is 4.74 Å². The highest BCUT2D eigenvalue weighted by molar-refractivity contribution is 5.69. The molecule has 0 amide bonds. The first-order valence-electron chi connectivity index (χ1n) is 8.68. The highest BCUT2D eigenvalue weighted by Gasteiger charge is 2.51. The van der Waals surface area contributed by atoms with Gasteiger partial charge < -0.3 is 19.3 Å².